The number of nitrogens with zero attached hydrogens (tertiary/aromatic N) is 3. The lowest BCUT2D eigenvalue weighted by atomic mass is 9.86. The first-order valence-electron chi connectivity index (χ1n) is 13.0. The number of sulfone groups is 1. The second-order valence-corrected chi connectivity index (χ2v) is 14.9. The molecule has 3 aliphatic heterocycles. The van der Waals surface area contributed by atoms with Crippen molar-refractivity contribution in [3.8, 4) is 0 Å². The number of aromatic nitrogens is 2. The third kappa shape index (κ3) is 6.32. The van der Waals surface area contributed by atoms with Crippen LogP contribution in [0.3, 0.4) is 0 Å². The van der Waals surface area contributed by atoms with E-state index in [0.717, 1.165) is 12.1 Å². The van der Waals surface area contributed by atoms with Crippen LogP contribution in [0.4, 0.5) is 11.6 Å². The van der Waals surface area contributed by atoms with E-state index in [2.05, 4.69) is 20.0 Å². The summed E-state index contributed by atoms with van der Waals surface area (Å²) in [5.41, 5.74) is 12.0. The Kier molecular flexibility index (Phi) is 7.74. The minimum Gasteiger partial charge on any atom is -0.383 e. The maximum Gasteiger partial charge on any atom is 0.253 e. The zero-order valence-corrected chi connectivity index (χ0v) is 24.4. The van der Waals surface area contributed by atoms with Crippen molar-refractivity contribution in [1.29, 1.82) is 0 Å². The number of allylic oxidation sites excluding steroid dienone is 2. The van der Waals surface area contributed by atoms with E-state index in [0.29, 0.717) is 32.4 Å². The van der Waals surface area contributed by atoms with Crippen LogP contribution in [-0.4, -0.2) is 79.6 Å². The standard InChI is InChI=1S/C25H30ClN7O6S2/c26-21-23(28)30-22(27)20(29-21)19(34)13-16-4-6-25(31-16)7-9-33(10-8-25)24(35)15-2-1-3-18(12-15)41(38,39)32-17-5-11-40(36,37)14-17/h1-3,12-13,17,31-32H,4-11,14H2,(H4,27,28,30)/b16-13+. The minimum atomic E-state index is -4.00. The van der Waals surface area contributed by atoms with Crippen LogP contribution in [0.2, 0.25) is 5.15 Å². The van der Waals surface area contributed by atoms with Crippen LogP contribution in [0, 0.1) is 0 Å². The summed E-state index contributed by atoms with van der Waals surface area (Å²) < 4.78 is 51.6. The van der Waals surface area contributed by atoms with Gasteiger partial charge >= 0.3 is 0 Å². The van der Waals surface area contributed by atoms with E-state index in [4.69, 9.17) is 23.1 Å². The molecule has 5 rings (SSSR count). The molecule has 1 spiro atoms. The molecule has 1 aromatic carbocycles. The number of rotatable bonds is 6. The lowest BCUT2D eigenvalue weighted by molar-refractivity contribution is 0.0659. The minimum absolute atomic E-state index is 0.0562. The molecule has 0 radical (unpaired) electrons. The summed E-state index contributed by atoms with van der Waals surface area (Å²) in [5.74, 6) is -1.19. The number of hydrogen-bond donors (Lipinski definition) is 4. The van der Waals surface area contributed by atoms with Crippen molar-refractivity contribution in [2.75, 3.05) is 36.1 Å². The van der Waals surface area contributed by atoms with Gasteiger partial charge in [0, 0.05) is 42.0 Å². The van der Waals surface area contributed by atoms with Crippen molar-refractivity contribution in [1.82, 2.24) is 24.9 Å². The SMILES string of the molecule is Nc1nc(N)c(C(=O)/C=C2\CCC3(CCN(C(=O)c4cccc(S(=O)(=O)NC5CCS(=O)(=O)C5)c4)CC3)N2)nc1Cl. The fraction of sp³-hybridized carbons (Fsp3) is 0.440. The molecule has 1 aromatic heterocycles. The molecule has 13 nitrogen and oxygen atoms in total. The van der Waals surface area contributed by atoms with E-state index in [1.54, 1.807) is 11.0 Å². The lowest BCUT2D eigenvalue weighted by Gasteiger charge is -2.39. The van der Waals surface area contributed by atoms with Crippen LogP contribution >= 0.6 is 11.6 Å². The first-order chi connectivity index (χ1) is 19.3. The molecule has 0 aliphatic carbocycles. The van der Waals surface area contributed by atoms with E-state index in [9.17, 15) is 26.4 Å². The highest BCUT2D eigenvalue weighted by atomic mass is 35.5. The van der Waals surface area contributed by atoms with Crippen LogP contribution < -0.4 is 21.5 Å². The number of benzene rings is 1. The number of sulfonamides is 1. The van der Waals surface area contributed by atoms with Gasteiger partial charge in [-0.3, -0.25) is 9.59 Å². The average molecular weight is 624 g/mol. The molecule has 0 saturated carbocycles. The van der Waals surface area contributed by atoms with Gasteiger partial charge in [-0.15, -0.1) is 0 Å². The van der Waals surface area contributed by atoms with Gasteiger partial charge in [0.05, 0.1) is 16.4 Å². The second-order valence-electron chi connectivity index (χ2n) is 10.6. The van der Waals surface area contributed by atoms with Crippen molar-refractivity contribution in [2.45, 2.75) is 48.6 Å². The molecule has 41 heavy (non-hydrogen) atoms. The topological polar surface area (TPSA) is 208 Å². The molecule has 0 bridgehead atoms. The van der Waals surface area contributed by atoms with Crippen LogP contribution in [0.5, 0.6) is 0 Å². The molecule has 1 amide bonds. The first-order valence-corrected chi connectivity index (χ1v) is 16.7. The molecular weight excluding hydrogens is 594 g/mol. The summed E-state index contributed by atoms with van der Waals surface area (Å²) in [6, 6.07) is 5.06. The summed E-state index contributed by atoms with van der Waals surface area (Å²) >= 11 is 5.89. The van der Waals surface area contributed by atoms with E-state index in [-0.39, 0.29) is 62.3 Å². The van der Waals surface area contributed by atoms with Gasteiger partial charge in [-0.25, -0.2) is 31.5 Å². The molecule has 220 valence electrons. The summed E-state index contributed by atoms with van der Waals surface area (Å²) in [5, 5.41) is 3.35. The third-order valence-corrected chi connectivity index (χ3v) is 11.3. The summed E-state index contributed by atoms with van der Waals surface area (Å²) in [6.45, 7) is 0.877. The number of piperidine rings is 1. The third-order valence-electron chi connectivity index (χ3n) is 7.70. The molecule has 4 heterocycles. The zero-order chi connectivity index (χ0) is 29.6. The number of carbonyl (C=O) groups is 2. The summed E-state index contributed by atoms with van der Waals surface area (Å²) in [6.07, 6.45) is 4.32. The van der Waals surface area contributed by atoms with Crippen molar-refractivity contribution < 1.29 is 26.4 Å². The maximum atomic E-state index is 13.3. The van der Waals surface area contributed by atoms with E-state index in [1.165, 1.54) is 24.3 Å². The largest absolute Gasteiger partial charge is 0.383 e. The Morgan fingerprint density at radius 1 is 1.15 bits per heavy atom. The van der Waals surface area contributed by atoms with Crippen molar-refractivity contribution >= 4 is 54.8 Å². The fourth-order valence-corrected chi connectivity index (χ4v) is 8.69. The van der Waals surface area contributed by atoms with Gasteiger partial charge in [-0.05, 0) is 50.3 Å². The summed E-state index contributed by atoms with van der Waals surface area (Å²) in [4.78, 5) is 35.4. The number of amides is 1. The number of nitrogens with one attached hydrogen (secondary N) is 2. The number of hydrogen-bond acceptors (Lipinski definition) is 11. The quantitative estimate of drug-likeness (QED) is 0.262. The van der Waals surface area contributed by atoms with Gasteiger partial charge in [0.1, 0.15) is 0 Å². The van der Waals surface area contributed by atoms with Gasteiger partial charge in [0.25, 0.3) is 5.91 Å². The first kappa shape index (κ1) is 29.2. The van der Waals surface area contributed by atoms with Gasteiger partial charge in [-0.1, -0.05) is 17.7 Å². The molecule has 2 aromatic rings. The normalized spacial score (nSPS) is 22.6. The monoisotopic (exact) mass is 623 g/mol. The molecule has 1 unspecified atom stereocenters. The van der Waals surface area contributed by atoms with Crippen LogP contribution in [-0.2, 0) is 19.9 Å². The number of ketones is 1. The Morgan fingerprint density at radius 3 is 2.56 bits per heavy atom. The summed E-state index contributed by atoms with van der Waals surface area (Å²) in [7, 11) is -7.26. The predicted molar refractivity (Wildman–Crippen MR) is 152 cm³/mol. The Bertz CT molecular complexity index is 1650. The van der Waals surface area contributed by atoms with Gasteiger partial charge in [0.2, 0.25) is 15.8 Å². The van der Waals surface area contributed by atoms with Gasteiger partial charge in [0.15, 0.2) is 32.3 Å². The lowest BCUT2D eigenvalue weighted by Crippen LogP contribution is -2.51. The highest BCUT2D eigenvalue weighted by molar-refractivity contribution is 7.92. The van der Waals surface area contributed by atoms with Crippen molar-refractivity contribution in [3.63, 3.8) is 0 Å². The van der Waals surface area contributed by atoms with Crippen molar-refractivity contribution in [2.24, 2.45) is 0 Å². The predicted octanol–water partition coefficient (Wildman–Crippen LogP) is 0.885. The average Bonchev–Trinajstić information content (AvgIpc) is 3.47. The fourth-order valence-electron chi connectivity index (χ4n) is 5.46. The zero-order valence-electron chi connectivity index (χ0n) is 22.0. The molecule has 16 heteroatoms. The highest BCUT2D eigenvalue weighted by Gasteiger charge is 2.40. The van der Waals surface area contributed by atoms with E-state index >= 15 is 0 Å². The smallest absolute Gasteiger partial charge is 0.253 e. The number of anilines is 2. The van der Waals surface area contributed by atoms with Crippen LogP contribution in [0.15, 0.2) is 40.9 Å². The molecular formula is C25H30ClN7O6S2. The molecule has 1 atom stereocenters. The van der Waals surface area contributed by atoms with Crippen LogP contribution in [0.25, 0.3) is 0 Å². The Hall–Kier alpha value is -3.27. The van der Waals surface area contributed by atoms with E-state index in [1.807, 2.05) is 0 Å². The van der Waals surface area contributed by atoms with E-state index < -0.39 is 31.7 Å². The number of likely N-dealkylation sites (tertiary alicyclic amines) is 1. The Balaban J connectivity index is 1.21. The molecule has 6 N–H and O–H groups in total. The number of nitrogen functional groups attached to an aromatic ring is 2. The van der Waals surface area contributed by atoms with Gasteiger partial charge < -0.3 is 21.7 Å². The highest BCUT2D eigenvalue weighted by Crippen LogP contribution is 2.35. The second kappa shape index (κ2) is 10.9. The Labute approximate surface area is 242 Å². The number of halogens is 1. The number of nitrogens with two attached hydrogens (primary N) is 2. The Morgan fingerprint density at radius 2 is 1.88 bits per heavy atom. The maximum absolute atomic E-state index is 13.3. The molecule has 3 saturated heterocycles. The number of carbonyl (C=O) groups excluding carboxylic acids is 2. The van der Waals surface area contributed by atoms with Gasteiger partial charge in [-0.2, -0.15) is 0 Å². The van der Waals surface area contributed by atoms with Crippen LogP contribution in [0.1, 0.15) is 53.0 Å². The van der Waals surface area contributed by atoms with Crippen molar-refractivity contribution in [3.05, 3.63) is 52.4 Å². The molecule has 3 fully saturated rings. The molecule has 3 aliphatic rings.